The molecule has 0 aliphatic heterocycles. The molecule has 1 radical (unpaired) electrons. The molecule has 0 saturated heterocycles. The zero-order valence-electron chi connectivity index (χ0n) is 4.53. The van der Waals surface area contributed by atoms with Gasteiger partial charge in [-0.3, -0.25) is 0 Å². The van der Waals surface area contributed by atoms with E-state index in [2.05, 4.69) is 18.4 Å². The Morgan fingerprint density at radius 2 is 2.33 bits per heavy atom. The third kappa shape index (κ3) is 10.3. The first-order valence-corrected chi connectivity index (χ1v) is 3.31. The van der Waals surface area contributed by atoms with E-state index in [1.54, 1.807) is 7.00 Å². The van der Waals surface area contributed by atoms with Gasteiger partial charge in [-0.25, -0.2) is 0 Å². The summed E-state index contributed by atoms with van der Waals surface area (Å²) in [5, 5.41) is 0. The first kappa shape index (κ1) is 9.29. The summed E-state index contributed by atoms with van der Waals surface area (Å²) in [6.07, 6.45) is 0. The fourth-order valence-corrected chi connectivity index (χ4v) is 0. The van der Waals surface area contributed by atoms with Crippen molar-refractivity contribution in [3.63, 3.8) is 0 Å². The minimum absolute atomic E-state index is 0. The fourth-order valence-electron chi connectivity index (χ4n) is 0. The molecule has 0 nitrogen and oxygen atoms in total. The molecule has 5 heteroatoms. The topological polar surface area (TPSA) is 0 Å². The number of hydrogen-bond acceptors (Lipinski definition) is 0. The summed E-state index contributed by atoms with van der Waals surface area (Å²) in [6, 6.07) is 0. The maximum Gasteiger partial charge on any atom is 1.00 e. The second-order valence-electron chi connectivity index (χ2n) is 0.515. The monoisotopic (exact) mass is 257 g/mol. The Kier molecular flexibility index (Phi) is 12.8. The SMILES string of the molecule is [3H]C([PH-])(I)[B]P.[K+]. The van der Waals surface area contributed by atoms with Gasteiger partial charge < -0.3 is 9.24 Å². The quantitative estimate of drug-likeness (QED) is 0.228. The molecule has 0 rings (SSSR count). The van der Waals surface area contributed by atoms with Crippen LogP contribution in [-0.4, -0.2) is 10.5 Å². The molecule has 29 valence electrons. The molecule has 6 heavy (non-hydrogen) atoms. The third-order valence-corrected chi connectivity index (χ3v) is 2.02. The second-order valence-corrected chi connectivity index (χ2v) is 3.57. The Labute approximate surface area is 102 Å². The van der Waals surface area contributed by atoms with Crippen molar-refractivity contribution in [2.75, 3.05) is 0 Å². The summed E-state index contributed by atoms with van der Waals surface area (Å²) in [4.78, 5) is 0. The molecule has 0 aliphatic rings. The van der Waals surface area contributed by atoms with Crippen molar-refractivity contribution in [3.8, 4) is 0 Å². The molecule has 0 amide bonds. The molecule has 0 aliphatic carbocycles. The molecular formula is CH4BIKP2. The molecule has 0 fully saturated rings. The van der Waals surface area contributed by atoms with Gasteiger partial charge in [-0.2, -0.15) is 9.12 Å². The first-order chi connectivity index (χ1) is 2.56. The van der Waals surface area contributed by atoms with E-state index >= 15 is 0 Å². The Hall–Kier alpha value is 3.29. The van der Waals surface area contributed by atoms with E-state index < -0.39 is 3.54 Å². The van der Waals surface area contributed by atoms with Gasteiger partial charge in [0.05, 0.1) is 0 Å². The summed E-state index contributed by atoms with van der Waals surface area (Å²) in [5.41, 5.74) is 0. The van der Waals surface area contributed by atoms with Crippen molar-refractivity contribution in [1.29, 1.82) is 0 Å². The van der Waals surface area contributed by atoms with Crippen molar-refractivity contribution in [3.05, 3.63) is 0 Å². The normalized spacial score (nSPS) is 19.5. The van der Waals surface area contributed by atoms with E-state index in [0.29, 0.717) is 0 Å². The van der Waals surface area contributed by atoms with Gasteiger partial charge in [-0.1, -0.05) is 0 Å². The van der Waals surface area contributed by atoms with Crippen LogP contribution in [0.1, 0.15) is 1.37 Å². The van der Waals surface area contributed by atoms with Crippen LogP contribution >= 0.6 is 40.9 Å². The zero-order valence-corrected chi connectivity index (χ0v) is 11.0. The van der Waals surface area contributed by atoms with Crippen molar-refractivity contribution in [2.45, 2.75) is 3.54 Å². The molecule has 0 spiro atoms. The maximum absolute atomic E-state index is 7.00. The van der Waals surface area contributed by atoms with Gasteiger partial charge in [0, 0.05) is 0 Å². The van der Waals surface area contributed by atoms with Crippen LogP contribution in [0.15, 0.2) is 0 Å². The average molecular weight is 257 g/mol. The summed E-state index contributed by atoms with van der Waals surface area (Å²) in [5.74, 6) is 0. The van der Waals surface area contributed by atoms with E-state index in [1.807, 2.05) is 22.6 Å². The summed E-state index contributed by atoms with van der Waals surface area (Å²) in [6.45, 7) is 1.67. The predicted molar refractivity (Wildman–Crippen MR) is 41.6 cm³/mol. The molecule has 0 aromatic carbocycles. The summed E-state index contributed by atoms with van der Waals surface area (Å²) >= 11 is 1.94. The van der Waals surface area contributed by atoms with E-state index in [0.717, 1.165) is 0 Å². The Bertz CT molecular complexity index is 47.4. The number of alkyl halides is 1. The molecular weight excluding hydrogens is 251 g/mol. The van der Waals surface area contributed by atoms with Crippen LogP contribution in [0.2, 0.25) is 0 Å². The summed E-state index contributed by atoms with van der Waals surface area (Å²) in [7, 11) is 5.46. The smallest absolute Gasteiger partial charge is 0.553 e. The summed E-state index contributed by atoms with van der Waals surface area (Å²) < 4.78 is 6.41. The largest absolute Gasteiger partial charge is 1.00 e. The van der Waals surface area contributed by atoms with Crippen LogP contribution in [0.3, 0.4) is 0 Å². The molecule has 0 bridgehead atoms. The molecule has 0 aromatic heterocycles. The third-order valence-electron chi connectivity index (χ3n) is 0.146. The predicted octanol–water partition coefficient (Wildman–Crippen LogP) is -1.65. The molecule has 0 aromatic rings. The molecule has 0 saturated carbocycles. The van der Waals surface area contributed by atoms with Gasteiger partial charge in [0.1, 0.15) is 7.00 Å². The average Bonchev–Trinajstić information content (AvgIpc) is 1.35. The van der Waals surface area contributed by atoms with Gasteiger partial charge in [-0.15, -0.1) is 26.1 Å². The van der Waals surface area contributed by atoms with Crippen LogP contribution < -0.4 is 51.4 Å². The van der Waals surface area contributed by atoms with Crippen LogP contribution in [-0.2, 0) is 0 Å². The molecule has 2 atom stereocenters. The van der Waals surface area contributed by atoms with Gasteiger partial charge in [0.15, 0.2) is 0 Å². The van der Waals surface area contributed by atoms with Crippen LogP contribution in [0, 0.1) is 0 Å². The van der Waals surface area contributed by atoms with Gasteiger partial charge in [-0.05, 0) is 1.37 Å². The molecule has 0 N–H and O–H groups in total. The van der Waals surface area contributed by atoms with E-state index in [-0.39, 0.29) is 51.4 Å². The Morgan fingerprint density at radius 1 is 2.17 bits per heavy atom. The van der Waals surface area contributed by atoms with Crippen LogP contribution in [0.5, 0.6) is 0 Å². The second kappa shape index (κ2) is 8.29. The number of rotatable bonds is 1. The Morgan fingerprint density at radius 3 is 2.33 bits per heavy atom. The van der Waals surface area contributed by atoms with Crippen molar-refractivity contribution in [1.82, 2.24) is 0 Å². The van der Waals surface area contributed by atoms with Crippen molar-refractivity contribution >= 4 is 47.9 Å². The minimum atomic E-state index is -0.595. The Balaban J connectivity index is 0. The van der Waals surface area contributed by atoms with E-state index in [4.69, 9.17) is 1.37 Å². The van der Waals surface area contributed by atoms with Crippen molar-refractivity contribution < 1.29 is 52.8 Å². The minimum Gasteiger partial charge on any atom is -0.553 e. The van der Waals surface area contributed by atoms with E-state index in [1.165, 1.54) is 0 Å². The maximum atomic E-state index is 7.00. The zero-order chi connectivity index (χ0) is 5.21. The molecule has 2 unspecified atom stereocenters. The van der Waals surface area contributed by atoms with Gasteiger partial charge >= 0.3 is 51.4 Å². The standard InChI is InChI=1S/CH4BIP2.K/c3-1(4)2-5;/h1,4H,5H2;/q-1;+1/i1T;. The van der Waals surface area contributed by atoms with E-state index in [9.17, 15) is 0 Å². The number of halogens is 1. The first-order valence-electron chi connectivity index (χ1n) is 1.56. The number of hydrogen-bond donors (Lipinski definition) is 0. The van der Waals surface area contributed by atoms with Crippen molar-refractivity contribution in [2.24, 2.45) is 0 Å². The molecule has 0 heterocycles. The van der Waals surface area contributed by atoms with Crippen LogP contribution in [0.4, 0.5) is 0 Å². The van der Waals surface area contributed by atoms with Gasteiger partial charge in [0.25, 0.3) is 0 Å². The fraction of sp³-hybridized carbons (Fsp3) is 1.00. The van der Waals surface area contributed by atoms with Gasteiger partial charge in [0.2, 0.25) is 0 Å². The van der Waals surface area contributed by atoms with Crippen LogP contribution in [0.25, 0.3) is 0 Å².